The molecule has 5 heteroatoms. The SMILES string of the molecule is N#Cc1ccc(C2c3ccccc3CN2C#N)c(C(=O)N2CCC2)c1. The Morgan fingerprint density at radius 1 is 1.08 bits per heavy atom. The Hall–Kier alpha value is -3.31. The first-order valence-electron chi connectivity index (χ1n) is 8.30. The van der Waals surface area contributed by atoms with E-state index in [1.165, 1.54) is 0 Å². The number of nitriles is 2. The molecule has 2 aliphatic heterocycles. The van der Waals surface area contributed by atoms with Gasteiger partial charge in [0.25, 0.3) is 5.91 Å². The Morgan fingerprint density at radius 2 is 1.88 bits per heavy atom. The first-order valence-corrected chi connectivity index (χ1v) is 8.30. The average molecular weight is 328 g/mol. The molecule has 0 spiro atoms. The van der Waals surface area contributed by atoms with Gasteiger partial charge in [-0.2, -0.15) is 10.5 Å². The van der Waals surface area contributed by atoms with Crippen molar-refractivity contribution in [2.24, 2.45) is 0 Å². The zero-order valence-electron chi connectivity index (χ0n) is 13.6. The van der Waals surface area contributed by atoms with Crippen LogP contribution in [-0.4, -0.2) is 28.8 Å². The zero-order chi connectivity index (χ0) is 17.4. The van der Waals surface area contributed by atoms with E-state index in [2.05, 4.69) is 12.3 Å². The Morgan fingerprint density at radius 3 is 2.56 bits per heavy atom. The van der Waals surface area contributed by atoms with Gasteiger partial charge in [-0.3, -0.25) is 9.69 Å². The lowest BCUT2D eigenvalue weighted by molar-refractivity contribution is 0.0649. The normalized spacial score (nSPS) is 18.1. The van der Waals surface area contributed by atoms with Gasteiger partial charge in [0.15, 0.2) is 6.19 Å². The molecule has 2 heterocycles. The van der Waals surface area contributed by atoms with Gasteiger partial charge in [0.1, 0.15) is 0 Å². The molecule has 0 saturated carbocycles. The summed E-state index contributed by atoms with van der Waals surface area (Å²) in [5, 5.41) is 18.8. The fraction of sp³-hybridized carbons (Fsp3) is 0.250. The molecule has 4 rings (SSSR count). The molecule has 1 fully saturated rings. The molecule has 0 bridgehead atoms. The molecule has 5 nitrogen and oxygen atoms in total. The molecule has 1 atom stereocenters. The quantitative estimate of drug-likeness (QED) is 0.795. The third kappa shape index (κ3) is 2.42. The summed E-state index contributed by atoms with van der Waals surface area (Å²) in [6.45, 7) is 2.03. The van der Waals surface area contributed by atoms with E-state index in [0.29, 0.717) is 17.7 Å². The van der Waals surface area contributed by atoms with E-state index in [1.807, 2.05) is 30.3 Å². The molecule has 25 heavy (non-hydrogen) atoms. The maximum Gasteiger partial charge on any atom is 0.254 e. The molecule has 122 valence electrons. The first-order chi connectivity index (χ1) is 12.2. The zero-order valence-corrected chi connectivity index (χ0v) is 13.6. The molecule has 0 N–H and O–H groups in total. The lowest BCUT2D eigenvalue weighted by Crippen LogP contribution is -2.42. The van der Waals surface area contributed by atoms with E-state index < -0.39 is 0 Å². The highest BCUT2D eigenvalue weighted by molar-refractivity contribution is 5.97. The second-order valence-electron chi connectivity index (χ2n) is 6.39. The molecule has 1 amide bonds. The fourth-order valence-electron chi connectivity index (χ4n) is 3.56. The van der Waals surface area contributed by atoms with E-state index >= 15 is 0 Å². The van der Waals surface area contributed by atoms with E-state index in [0.717, 1.165) is 36.2 Å². The minimum Gasteiger partial charge on any atom is -0.339 e. The summed E-state index contributed by atoms with van der Waals surface area (Å²) < 4.78 is 0. The number of nitrogens with zero attached hydrogens (tertiary/aromatic N) is 4. The topological polar surface area (TPSA) is 71.1 Å². The lowest BCUT2D eigenvalue weighted by Gasteiger charge is -2.32. The van der Waals surface area contributed by atoms with Crippen LogP contribution in [0.25, 0.3) is 0 Å². The van der Waals surface area contributed by atoms with Gasteiger partial charge in [-0.05, 0) is 35.2 Å². The maximum atomic E-state index is 12.9. The van der Waals surface area contributed by atoms with Crippen LogP contribution < -0.4 is 0 Å². The number of carbonyl (C=O) groups excluding carboxylic acids is 1. The number of likely N-dealkylation sites (tertiary alicyclic amines) is 1. The highest BCUT2D eigenvalue weighted by atomic mass is 16.2. The van der Waals surface area contributed by atoms with Crippen molar-refractivity contribution in [3.63, 3.8) is 0 Å². The summed E-state index contributed by atoms with van der Waals surface area (Å²) >= 11 is 0. The first kappa shape index (κ1) is 15.2. The molecule has 2 aromatic rings. The lowest BCUT2D eigenvalue weighted by atomic mass is 9.92. The van der Waals surface area contributed by atoms with E-state index in [1.54, 1.807) is 21.9 Å². The molecule has 1 unspecified atom stereocenters. The minimum atomic E-state index is -0.283. The van der Waals surface area contributed by atoms with Crippen molar-refractivity contribution < 1.29 is 4.79 Å². The van der Waals surface area contributed by atoms with Gasteiger partial charge in [-0.15, -0.1) is 0 Å². The minimum absolute atomic E-state index is 0.0550. The molecular weight excluding hydrogens is 312 g/mol. The van der Waals surface area contributed by atoms with Crippen molar-refractivity contribution in [3.8, 4) is 12.3 Å². The molecule has 0 aromatic heterocycles. The van der Waals surface area contributed by atoms with Gasteiger partial charge in [0.05, 0.1) is 24.2 Å². The number of carbonyl (C=O) groups is 1. The molecule has 2 aliphatic rings. The van der Waals surface area contributed by atoms with Crippen molar-refractivity contribution in [1.29, 1.82) is 10.5 Å². The van der Waals surface area contributed by atoms with Crippen LogP contribution in [0.2, 0.25) is 0 Å². The van der Waals surface area contributed by atoms with Crippen LogP contribution >= 0.6 is 0 Å². The Labute approximate surface area is 146 Å². The fourth-order valence-corrected chi connectivity index (χ4v) is 3.56. The number of rotatable bonds is 2. The smallest absolute Gasteiger partial charge is 0.254 e. The standard InChI is InChI=1S/C20H16N4O/c21-11-14-6-7-17(18(10-14)20(25)23-8-3-9-23)19-16-5-2-1-4-15(16)12-24(19)13-22/h1-2,4-7,10,19H,3,8-9,12H2. The predicted molar refractivity (Wildman–Crippen MR) is 91.1 cm³/mol. The average Bonchev–Trinajstić information content (AvgIpc) is 2.98. The highest BCUT2D eigenvalue weighted by Gasteiger charge is 2.34. The van der Waals surface area contributed by atoms with Crippen LogP contribution in [-0.2, 0) is 6.54 Å². The van der Waals surface area contributed by atoms with Gasteiger partial charge in [-0.1, -0.05) is 30.3 Å². The summed E-state index contributed by atoms with van der Waals surface area (Å²) in [4.78, 5) is 16.4. The summed E-state index contributed by atoms with van der Waals surface area (Å²) in [5.41, 5.74) is 3.93. The maximum absolute atomic E-state index is 12.9. The number of amides is 1. The van der Waals surface area contributed by atoms with E-state index in [4.69, 9.17) is 0 Å². The predicted octanol–water partition coefficient (Wildman–Crippen LogP) is 2.79. The molecule has 1 saturated heterocycles. The van der Waals surface area contributed by atoms with Crippen LogP contribution in [0.4, 0.5) is 0 Å². The van der Waals surface area contributed by atoms with Crippen LogP contribution in [0.15, 0.2) is 42.5 Å². The van der Waals surface area contributed by atoms with E-state index in [9.17, 15) is 15.3 Å². The molecule has 2 aromatic carbocycles. The molecular formula is C20H16N4O. The molecule has 0 aliphatic carbocycles. The van der Waals surface area contributed by atoms with Crippen molar-refractivity contribution in [1.82, 2.24) is 9.80 Å². The third-order valence-corrected chi connectivity index (χ3v) is 4.98. The van der Waals surface area contributed by atoms with E-state index in [-0.39, 0.29) is 11.9 Å². The number of benzene rings is 2. The largest absolute Gasteiger partial charge is 0.339 e. The Bertz CT molecular complexity index is 933. The van der Waals surface area contributed by atoms with Crippen molar-refractivity contribution in [2.75, 3.05) is 13.1 Å². The number of hydrogen-bond donors (Lipinski definition) is 0. The van der Waals surface area contributed by atoms with Gasteiger partial charge in [0.2, 0.25) is 0 Å². The second-order valence-corrected chi connectivity index (χ2v) is 6.39. The number of fused-ring (bicyclic) bond motifs is 1. The van der Waals surface area contributed by atoms with Gasteiger partial charge in [-0.25, -0.2) is 0 Å². The van der Waals surface area contributed by atoms with Crippen molar-refractivity contribution in [2.45, 2.75) is 19.0 Å². The Kier molecular flexibility index (Phi) is 3.63. The van der Waals surface area contributed by atoms with Crippen molar-refractivity contribution in [3.05, 3.63) is 70.3 Å². The summed E-state index contributed by atoms with van der Waals surface area (Å²) in [5.74, 6) is -0.0550. The third-order valence-electron chi connectivity index (χ3n) is 4.98. The van der Waals surface area contributed by atoms with Gasteiger partial charge >= 0.3 is 0 Å². The Balaban J connectivity index is 1.86. The monoisotopic (exact) mass is 328 g/mol. The van der Waals surface area contributed by atoms with Crippen molar-refractivity contribution >= 4 is 5.91 Å². The van der Waals surface area contributed by atoms with Gasteiger partial charge < -0.3 is 4.90 Å². The summed E-state index contributed by atoms with van der Waals surface area (Å²) in [6, 6.07) is 15.0. The van der Waals surface area contributed by atoms with Crippen LogP contribution in [0.1, 0.15) is 45.1 Å². The van der Waals surface area contributed by atoms with Crippen LogP contribution in [0, 0.1) is 22.8 Å². The summed E-state index contributed by atoms with van der Waals surface area (Å²) in [7, 11) is 0. The van der Waals surface area contributed by atoms with Crippen LogP contribution in [0.5, 0.6) is 0 Å². The summed E-state index contributed by atoms with van der Waals surface area (Å²) in [6.07, 6.45) is 3.26. The number of hydrogen-bond acceptors (Lipinski definition) is 4. The van der Waals surface area contributed by atoms with Crippen LogP contribution in [0.3, 0.4) is 0 Å². The highest BCUT2D eigenvalue weighted by Crippen LogP contribution is 2.39. The van der Waals surface area contributed by atoms with Gasteiger partial charge in [0, 0.05) is 18.7 Å². The second kappa shape index (κ2) is 5.96. The molecule has 0 radical (unpaired) electrons.